The Morgan fingerprint density at radius 2 is 1.76 bits per heavy atom. The van der Waals surface area contributed by atoms with Gasteiger partial charge in [-0.05, 0) is 69.7 Å². The molecule has 0 saturated carbocycles. The molecule has 8 heteroatoms. The zero-order valence-corrected chi connectivity index (χ0v) is 18.0. The molecule has 0 aromatic heterocycles. The number of urea groups is 1. The summed E-state index contributed by atoms with van der Waals surface area (Å²) >= 11 is 0. The first kappa shape index (κ1) is 22.5. The van der Waals surface area contributed by atoms with Crippen molar-refractivity contribution >= 4 is 21.8 Å². The molecule has 0 spiro atoms. The molecular formula is C21H28N2O5S. The van der Waals surface area contributed by atoms with Crippen LogP contribution < -0.4 is 14.2 Å². The second-order valence-corrected chi connectivity index (χ2v) is 8.55. The molecule has 0 fully saturated rings. The zero-order valence-electron chi connectivity index (χ0n) is 17.2. The molecule has 2 rings (SSSR count). The van der Waals surface area contributed by atoms with Crippen molar-refractivity contribution in [1.29, 1.82) is 0 Å². The van der Waals surface area contributed by atoms with E-state index in [-0.39, 0.29) is 23.6 Å². The third-order valence-electron chi connectivity index (χ3n) is 4.13. The van der Waals surface area contributed by atoms with E-state index in [1.807, 2.05) is 26.8 Å². The molecule has 1 N–H and O–H groups in total. The predicted octanol–water partition coefficient (Wildman–Crippen LogP) is 4.26. The molecule has 158 valence electrons. The monoisotopic (exact) mass is 420 g/mol. The Bertz CT molecular complexity index is 911. The smallest absolute Gasteiger partial charge is 0.322 e. The average Bonchev–Trinajstić information content (AvgIpc) is 2.67. The van der Waals surface area contributed by atoms with Gasteiger partial charge in [-0.2, -0.15) is 8.42 Å². The molecule has 0 unspecified atom stereocenters. The van der Waals surface area contributed by atoms with Gasteiger partial charge in [0.1, 0.15) is 11.5 Å². The summed E-state index contributed by atoms with van der Waals surface area (Å²) in [6.45, 7) is 8.15. The summed E-state index contributed by atoms with van der Waals surface area (Å²) in [7, 11) is -3.60. The van der Waals surface area contributed by atoms with E-state index in [0.29, 0.717) is 18.8 Å². The Balaban J connectivity index is 2.10. The van der Waals surface area contributed by atoms with Crippen molar-refractivity contribution in [2.75, 3.05) is 17.7 Å². The number of hydrogen-bond donors (Lipinski definition) is 1. The summed E-state index contributed by atoms with van der Waals surface area (Å²) < 4.78 is 33.8. The van der Waals surface area contributed by atoms with Gasteiger partial charge >= 0.3 is 16.1 Å². The van der Waals surface area contributed by atoms with Crippen molar-refractivity contribution in [2.45, 2.75) is 40.3 Å². The molecule has 7 nitrogen and oxygen atoms in total. The van der Waals surface area contributed by atoms with E-state index in [1.54, 1.807) is 47.4 Å². The molecular weight excluding hydrogens is 392 g/mol. The minimum absolute atomic E-state index is 0.0679. The SMILES string of the molecule is CCOc1ccc(NC(=O)N(Cc2cccc(OS(=O)(=O)CC)c2)C(C)C)cc1. The maximum Gasteiger partial charge on any atom is 0.322 e. The molecule has 0 aliphatic rings. The minimum Gasteiger partial charge on any atom is -0.494 e. The molecule has 0 aliphatic heterocycles. The van der Waals surface area contributed by atoms with Crippen LogP contribution in [0.25, 0.3) is 0 Å². The molecule has 2 aromatic rings. The van der Waals surface area contributed by atoms with Gasteiger partial charge in [0.15, 0.2) is 0 Å². The third-order valence-corrected chi connectivity index (χ3v) is 5.28. The Morgan fingerprint density at radius 1 is 1.07 bits per heavy atom. The highest BCUT2D eigenvalue weighted by Gasteiger charge is 2.18. The van der Waals surface area contributed by atoms with Crippen molar-refractivity contribution in [2.24, 2.45) is 0 Å². The van der Waals surface area contributed by atoms with E-state index < -0.39 is 10.1 Å². The molecule has 0 atom stereocenters. The number of carbonyl (C=O) groups is 1. The van der Waals surface area contributed by atoms with E-state index >= 15 is 0 Å². The average molecular weight is 421 g/mol. The number of nitrogens with zero attached hydrogens (tertiary/aromatic N) is 1. The van der Waals surface area contributed by atoms with Gasteiger partial charge in [0.2, 0.25) is 0 Å². The molecule has 29 heavy (non-hydrogen) atoms. The quantitative estimate of drug-likeness (QED) is 0.613. The van der Waals surface area contributed by atoms with Gasteiger partial charge in [0.05, 0.1) is 12.4 Å². The van der Waals surface area contributed by atoms with Gasteiger partial charge in [-0.1, -0.05) is 12.1 Å². The number of ether oxygens (including phenoxy) is 1. The first-order chi connectivity index (χ1) is 13.7. The summed E-state index contributed by atoms with van der Waals surface area (Å²) in [5.74, 6) is 0.866. The second kappa shape index (κ2) is 10.2. The number of benzene rings is 2. The number of anilines is 1. The fourth-order valence-electron chi connectivity index (χ4n) is 2.58. The van der Waals surface area contributed by atoms with Crippen molar-refractivity contribution in [1.82, 2.24) is 4.90 Å². The zero-order chi connectivity index (χ0) is 21.4. The van der Waals surface area contributed by atoms with Gasteiger partial charge in [-0.3, -0.25) is 0 Å². The fourth-order valence-corrected chi connectivity index (χ4v) is 3.10. The highest BCUT2D eigenvalue weighted by atomic mass is 32.2. The number of nitrogens with one attached hydrogen (secondary N) is 1. The Labute approximate surface area is 172 Å². The number of hydrogen-bond acceptors (Lipinski definition) is 5. The molecule has 0 radical (unpaired) electrons. The lowest BCUT2D eigenvalue weighted by Crippen LogP contribution is -2.39. The van der Waals surface area contributed by atoms with Crippen LogP contribution in [0.4, 0.5) is 10.5 Å². The Kier molecular flexibility index (Phi) is 7.90. The summed E-state index contributed by atoms with van der Waals surface area (Å²) in [5, 5.41) is 2.88. The van der Waals surface area contributed by atoms with E-state index in [0.717, 1.165) is 11.3 Å². The van der Waals surface area contributed by atoms with Crippen LogP contribution in [0.1, 0.15) is 33.3 Å². The first-order valence-corrected chi connectivity index (χ1v) is 11.1. The summed E-state index contributed by atoms with van der Waals surface area (Å²) in [6, 6.07) is 13.6. The van der Waals surface area contributed by atoms with Gasteiger partial charge in [0, 0.05) is 18.3 Å². The maximum absolute atomic E-state index is 12.8. The van der Waals surface area contributed by atoms with Gasteiger partial charge in [0.25, 0.3) is 0 Å². The Hall–Kier alpha value is -2.74. The number of carbonyl (C=O) groups excluding carboxylic acids is 1. The lowest BCUT2D eigenvalue weighted by atomic mass is 10.2. The van der Waals surface area contributed by atoms with Crippen molar-refractivity contribution < 1.29 is 22.1 Å². The van der Waals surface area contributed by atoms with Crippen LogP contribution in [0.3, 0.4) is 0 Å². The third kappa shape index (κ3) is 6.98. The molecule has 2 amide bonds. The number of amides is 2. The van der Waals surface area contributed by atoms with Crippen LogP contribution in [0.5, 0.6) is 11.5 Å². The fraction of sp³-hybridized carbons (Fsp3) is 0.381. The number of rotatable bonds is 9. The van der Waals surface area contributed by atoms with Gasteiger partial charge < -0.3 is 19.1 Å². The van der Waals surface area contributed by atoms with E-state index in [4.69, 9.17) is 8.92 Å². The van der Waals surface area contributed by atoms with Crippen molar-refractivity contribution in [3.63, 3.8) is 0 Å². The van der Waals surface area contributed by atoms with Crippen molar-refractivity contribution in [3.05, 3.63) is 54.1 Å². The summed E-state index contributed by atoms with van der Waals surface area (Å²) in [6.07, 6.45) is 0. The van der Waals surface area contributed by atoms with Crippen LogP contribution in [0, 0.1) is 0 Å². The van der Waals surface area contributed by atoms with Crippen LogP contribution in [-0.4, -0.2) is 37.8 Å². The molecule has 0 saturated heterocycles. The van der Waals surface area contributed by atoms with E-state index in [2.05, 4.69) is 5.32 Å². The highest BCUT2D eigenvalue weighted by Crippen LogP contribution is 2.20. The summed E-state index contributed by atoms with van der Waals surface area (Å²) in [5.41, 5.74) is 1.43. The van der Waals surface area contributed by atoms with Gasteiger partial charge in [-0.25, -0.2) is 4.79 Å². The lowest BCUT2D eigenvalue weighted by molar-refractivity contribution is 0.193. The predicted molar refractivity (Wildman–Crippen MR) is 114 cm³/mol. The van der Waals surface area contributed by atoms with Crippen LogP contribution >= 0.6 is 0 Å². The summed E-state index contributed by atoms with van der Waals surface area (Å²) in [4.78, 5) is 14.4. The van der Waals surface area contributed by atoms with Crippen LogP contribution in [0.2, 0.25) is 0 Å². The normalized spacial score (nSPS) is 11.2. The maximum atomic E-state index is 12.8. The molecule has 0 heterocycles. The largest absolute Gasteiger partial charge is 0.494 e. The van der Waals surface area contributed by atoms with Crippen LogP contribution in [-0.2, 0) is 16.7 Å². The molecule has 0 bridgehead atoms. The minimum atomic E-state index is -3.60. The van der Waals surface area contributed by atoms with E-state index in [9.17, 15) is 13.2 Å². The van der Waals surface area contributed by atoms with Crippen LogP contribution in [0.15, 0.2) is 48.5 Å². The standard InChI is InChI=1S/C21H28N2O5S/c1-5-27-19-12-10-18(11-13-19)22-21(24)23(16(3)4)15-17-8-7-9-20(14-17)28-29(25,26)6-2/h7-14,16H,5-6,15H2,1-4H3,(H,22,24). The highest BCUT2D eigenvalue weighted by molar-refractivity contribution is 7.87. The van der Waals surface area contributed by atoms with E-state index in [1.165, 1.54) is 6.92 Å². The van der Waals surface area contributed by atoms with Crippen molar-refractivity contribution in [3.8, 4) is 11.5 Å². The van der Waals surface area contributed by atoms with Gasteiger partial charge in [-0.15, -0.1) is 0 Å². The topological polar surface area (TPSA) is 84.9 Å². The Morgan fingerprint density at radius 3 is 2.34 bits per heavy atom. The molecule has 0 aliphatic carbocycles. The second-order valence-electron chi connectivity index (χ2n) is 6.69. The molecule has 2 aromatic carbocycles. The lowest BCUT2D eigenvalue weighted by Gasteiger charge is -2.27. The first-order valence-electron chi connectivity index (χ1n) is 9.55.